The number of unbranched alkanes of at least 4 members (excludes halogenated alkanes) is 9. The first kappa shape index (κ1) is 19.9. The highest BCUT2D eigenvalue weighted by atomic mass is 16.4. The van der Waals surface area contributed by atoms with Crippen molar-refractivity contribution in [3.63, 3.8) is 0 Å². The fraction of sp³-hybridized carbons (Fsp3) is 0.778. The van der Waals surface area contributed by atoms with E-state index in [2.05, 4.69) is 6.92 Å². The Labute approximate surface area is 129 Å². The highest BCUT2D eigenvalue weighted by molar-refractivity contribution is 5.89. The monoisotopic (exact) mass is 296 g/mol. The summed E-state index contributed by atoms with van der Waals surface area (Å²) in [4.78, 5) is 21.8. The molecule has 0 fully saturated rings. The van der Waals surface area contributed by atoms with Gasteiger partial charge in [-0.1, -0.05) is 70.8 Å². The summed E-state index contributed by atoms with van der Waals surface area (Å²) in [6.45, 7) is 2.24. The Morgan fingerprint density at radius 1 is 0.810 bits per heavy atom. The fourth-order valence-electron chi connectivity index (χ4n) is 2.29. The SMILES string of the molecule is CCCCCCCCCCCCC(=O)C=CCCC(=O)O. The van der Waals surface area contributed by atoms with Crippen LogP contribution in [0.4, 0.5) is 0 Å². The van der Waals surface area contributed by atoms with Gasteiger partial charge in [0.1, 0.15) is 0 Å². The normalized spacial score (nSPS) is 11.1. The minimum atomic E-state index is -0.818. The lowest BCUT2D eigenvalue weighted by molar-refractivity contribution is -0.136. The summed E-state index contributed by atoms with van der Waals surface area (Å²) >= 11 is 0. The average Bonchev–Trinajstić information content (AvgIpc) is 2.45. The van der Waals surface area contributed by atoms with Crippen molar-refractivity contribution in [2.75, 3.05) is 0 Å². The molecule has 0 radical (unpaired) electrons. The van der Waals surface area contributed by atoms with Gasteiger partial charge in [0.25, 0.3) is 0 Å². The third-order valence-electron chi connectivity index (χ3n) is 3.61. The van der Waals surface area contributed by atoms with Crippen molar-refractivity contribution >= 4 is 11.8 Å². The molecule has 0 aliphatic carbocycles. The van der Waals surface area contributed by atoms with Crippen LogP contribution in [0.25, 0.3) is 0 Å². The molecule has 0 atom stereocenters. The van der Waals surface area contributed by atoms with E-state index in [0.717, 1.165) is 12.8 Å². The number of carboxylic acid groups (broad SMARTS) is 1. The van der Waals surface area contributed by atoms with Crippen LogP contribution in [0.15, 0.2) is 12.2 Å². The molecule has 3 nitrogen and oxygen atoms in total. The van der Waals surface area contributed by atoms with Crippen LogP contribution in [-0.4, -0.2) is 16.9 Å². The van der Waals surface area contributed by atoms with E-state index in [1.165, 1.54) is 57.4 Å². The van der Waals surface area contributed by atoms with E-state index in [1.807, 2.05) is 0 Å². The summed E-state index contributed by atoms with van der Waals surface area (Å²) in [6, 6.07) is 0. The van der Waals surface area contributed by atoms with Gasteiger partial charge in [0, 0.05) is 12.8 Å². The maximum absolute atomic E-state index is 11.5. The van der Waals surface area contributed by atoms with E-state index in [9.17, 15) is 9.59 Å². The Kier molecular flexibility index (Phi) is 14.5. The molecule has 0 heterocycles. The Morgan fingerprint density at radius 3 is 1.86 bits per heavy atom. The summed E-state index contributed by atoms with van der Waals surface area (Å²) < 4.78 is 0. The maximum atomic E-state index is 11.5. The molecule has 0 spiro atoms. The second-order valence-electron chi connectivity index (χ2n) is 5.73. The number of ketones is 1. The zero-order valence-electron chi connectivity index (χ0n) is 13.6. The summed E-state index contributed by atoms with van der Waals surface area (Å²) in [6.07, 6.45) is 17.0. The first-order valence-electron chi connectivity index (χ1n) is 8.58. The fourth-order valence-corrected chi connectivity index (χ4v) is 2.29. The number of carbonyl (C=O) groups excluding carboxylic acids is 1. The van der Waals surface area contributed by atoms with Gasteiger partial charge in [-0.15, -0.1) is 0 Å². The van der Waals surface area contributed by atoms with Crippen molar-refractivity contribution in [2.24, 2.45) is 0 Å². The number of hydrogen-bond acceptors (Lipinski definition) is 2. The molecule has 1 N–H and O–H groups in total. The number of carboxylic acids is 1. The van der Waals surface area contributed by atoms with Crippen LogP contribution in [0.3, 0.4) is 0 Å². The molecule has 0 saturated heterocycles. The number of hydrogen-bond donors (Lipinski definition) is 1. The predicted molar refractivity (Wildman–Crippen MR) is 87.5 cm³/mol. The molecule has 122 valence electrons. The average molecular weight is 296 g/mol. The smallest absolute Gasteiger partial charge is 0.303 e. The zero-order chi connectivity index (χ0) is 15.8. The molecular formula is C18H32O3. The van der Waals surface area contributed by atoms with Gasteiger partial charge in [0.05, 0.1) is 0 Å². The highest BCUT2D eigenvalue weighted by Gasteiger charge is 1.98. The molecule has 0 aliphatic rings. The van der Waals surface area contributed by atoms with Crippen LogP contribution in [-0.2, 0) is 9.59 Å². The molecule has 21 heavy (non-hydrogen) atoms. The Bertz CT molecular complexity index is 295. The second kappa shape index (κ2) is 15.3. The standard InChI is InChI=1S/C18H32O3/c1-2-3-4-5-6-7-8-9-10-11-14-17(19)15-12-13-16-18(20)21/h12,15H,2-11,13-14,16H2,1H3,(H,20,21). The molecule has 0 unspecified atom stereocenters. The maximum Gasteiger partial charge on any atom is 0.303 e. The zero-order valence-corrected chi connectivity index (χ0v) is 13.6. The largest absolute Gasteiger partial charge is 0.481 e. The molecule has 0 rings (SSSR count). The third kappa shape index (κ3) is 16.8. The van der Waals surface area contributed by atoms with Gasteiger partial charge in [-0.25, -0.2) is 0 Å². The molecule has 0 aromatic heterocycles. The van der Waals surface area contributed by atoms with E-state index in [4.69, 9.17) is 5.11 Å². The van der Waals surface area contributed by atoms with Crippen LogP contribution >= 0.6 is 0 Å². The minimum absolute atomic E-state index is 0.0992. The van der Waals surface area contributed by atoms with Crippen molar-refractivity contribution in [3.05, 3.63) is 12.2 Å². The topological polar surface area (TPSA) is 54.4 Å². The van der Waals surface area contributed by atoms with Crippen molar-refractivity contribution in [1.29, 1.82) is 0 Å². The van der Waals surface area contributed by atoms with Crippen molar-refractivity contribution < 1.29 is 14.7 Å². The first-order valence-corrected chi connectivity index (χ1v) is 8.58. The summed E-state index contributed by atoms with van der Waals surface area (Å²) in [7, 11) is 0. The van der Waals surface area contributed by atoms with Crippen LogP contribution in [0.2, 0.25) is 0 Å². The quantitative estimate of drug-likeness (QED) is 0.330. The van der Waals surface area contributed by atoms with E-state index in [0.29, 0.717) is 12.8 Å². The molecule has 0 aliphatic heterocycles. The van der Waals surface area contributed by atoms with E-state index < -0.39 is 5.97 Å². The lowest BCUT2D eigenvalue weighted by atomic mass is 10.0. The van der Waals surface area contributed by atoms with Crippen molar-refractivity contribution in [3.8, 4) is 0 Å². The second-order valence-corrected chi connectivity index (χ2v) is 5.73. The predicted octanol–water partition coefficient (Wildman–Crippen LogP) is 5.29. The van der Waals surface area contributed by atoms with Gasteiger partial charge in [-0.3, -0.25) is 9.59 Å². The molecule has 0 aromatic rings. The van der Waals surface area contributed by atoms with Gasteiger partial charge in [0.15, 0.2) is 5.78 Å². The molecule has 0 amide bonds. The Morgan fingerprint density at radius 2 is 1.33 bits per heavy atom. The molecular weight excluding hydrogens is 264 g/mol. The van der Waals surface area contributed by atoms with Crippen LogP contribution in [0, 0.1) is 0 Å². The van der Waals surface area contributed by atoms with Gasteiger partial charge in [0.2, 0.25) is 0 Å². The number of carbonyl (C=O) groups is 2. The third-order valence-corrected chi connectivity index (χ3v) is 3.61. The van der Waals surface area contributed by atoms with Crippen molar-refractivity contribution in [1.82, 2.24) is 0 Å². The van der Waals surface area contributed by atoms with Gasteiger partial charge >= 0.3 is 5.97 Å². The van der Waals surface area contributed by atoms with Crippen molar-refractivity contribution in [2.45, 2.75) is 90.4 Å². The Hall–Kier alpha value is -1.12. The summed E-state index contributed by atoms with van der Waals surface area (Å²) in [5.74, 6) is -0.693. The number of rotatable bonds is 15. The lowest BCUT2D eigenvalue weighted by Crippen LogP contribution is -1.94. The van der Waals surface area contributed by atoms with Crippen LogP contribution < -0.4 is 0 Å². The van der Waals surface area contributed by atoms with E-state index >= 15 is 0 Å². The lowest BCUT2D eigenvalue weighted by Gasteiger charge is -2.01. The van der Waals surface area contributed by atoms with Crippen LogP contribution in [0.1, 0.15) is 90.4 Å². The summed E-state index contributed by atoms with van der Waals surface area (Å²) in [5.41, 5.74) is 0. The van der Waals surface area contributed by atoms with Gasteiger partial charge in [-0.05, 0) is 18.9 Å². The van der Waals surface area contributed by atoms with Gasteiger partial charge in [-0.2, -0.15) is 0 Å². The minimum Gasteiger partial charge on any atom is -0.481 e. The first-order chi connectivity index (χ1) is 10.2. The Balaban J connectivity index is 3.26. The van der Waals surface area contributed by atoms with Gasteiger partial charge < -0.3 is 5.11 Å². The molecule has 0 bridgehead atoms. The molecule has 0 aromatic carbocycles. The number of allylic oxidation sites excluding steroid dienone is 2. The van der Waals surface area contributed by atoms with E-state index in [-0.39, 0.29) is 12.2 Å². The molecule has 3 heteroatoms. The van der Waals surface area contributed by atoms with E-state index in [1.54, 1.807) is 6.08 Å². The highest BCUT2D eigenvalue weighted by Crippen LogP contribution is 2.11. The number of aliphatic carboxylic acids is 1. The van der Waals surface area contributed by atoms with Crippen LogP contribution in [0.5, 0.6) is 0 Å². The summed E-state index contributed by atoms with van der Waals surface area (Å²) in [5, 5.41) is 8.46. The molecule has 0 saturated carbocycles.